The van der Waals surface area contributed by atoms with Crippen molar-refractivity contribution >= 4 is 34.4 Å². The average Bonchev–Trinajstić information content (AvgIpc) is 3.10. The van der Waals surface area contributed by atoms with Crippen molar-refractivity contribution < 1.29 is 13.9 Å². The lowest BCUT2D eigenvalue weighted by Crippen LogP contribution is -2.41. The molecule has 0 saturated carbocycles. The van der Waals surface area contributed by atoms with E-state index in [4.69, 9.17) is 16.3 Å². The number of halogens is 2. The molecule has 0 aromatic heterocycles. The van der Waals surface area contributed by atoms with E-state index in [1.54, 1.807) is 36.1 Å². The van der Waals surface area contributed by atoms with Crippen LogP contribution < -0.4 is 4.74 Å². The van der Waals surface area contributed by atoms with Crippen molar-refractivity contribution in [2.75, 3.05) is 13.1 Å². The summed E-state index contributed by atoms with van der Waals surface area (Å²) in [6.45, 7) is 2.73. The van der Waals surface area contributed by atoms with Crippen molar-refractivity contribution in [2.45, 2.75) is 18.8 Å². The summed E-state index contributed by atoms with van der Waals surface area (Å²) in [5.41, 5.74) is 0.412. The Morgan fingerprint density at radius 1 is 1.31 bits per heavy atom. The highest BCUT2D eigenvalue weighted by Gasteiger charge is 2.29. The van der Waals surface area contributed by atoms with Gasteiger partial charge in [0, 0.05) is 22.9 Å². The van der Waals surface area contributed by atoms with Gasteiger partial charge in [0.15, 0.2) is 11.3 Å². The van der Waals surface area contributed by atoms with Crippen LogP contribution in [0.15, 0.2) is 53.5 Å². The molecule has 0 aliphatic carbocycles. The molecular weight excluding hydrogens is 375 g/mol. The predicted octanol–water partition coefficient (Wildman–Crippen LogP) is 4.38. The summed E-state index contributed by atoms with van der Waals surface area (Å²) >= 11 is 7.36. The molecule has 1 aliphatic rings. The molecule has 0 bridgehead atoms. The molecule has 2 aromatic carbocycles. The Bertz CT molecular complexity index is 796. The second kappa shape index (κ2) is 8.56. The number of thioether (sulfide) groups is 1. The lowest BCUT2D eigenvalue weighted by Gasteiger charge is -2.22. The zero-order valence-electron chi connectivity index (χ0n) is 14.2. The van der Waals surface area contributed by atoms with Crippen LogP contribution in [0.5, 0.6) is 5.75 Å². The smallest absolute Gasteiger partial charge is 0.269 e. The Morgan fingerprint density at radius 2 is 2.08 bits per heavy atom. The summed E-state index contributed by atoms with van der Waals surface area (Å²) in [7, 11) is 0. The number of amidine groups is 1. The number of para-hydroxylation sites is 1. The second-order valence-corrected chi connectivity index (χ2v) is 7.07. The minimum absolute atomic E-state index is 0.169. The topological polar surface area (TPSA) is 41.9 Å². The molecule has 1 amide bonds. The molecule has 0 fully saturated rings. The molecule has 0 N–H and O–H groups in total. The van der Waals surface area contributed by atoms with Crippen molar-refractivity contribution in [1.29, 1.82) is 0 Å². The van der Waals surface area contributed by atoms with Crippen LogP contribution in [0.2, 0.25) is 5.02 Å². The van der Waals surface area contributed by atoms with Gasteiger partial charge in [0.2, 0.25) is 0 Å². The third-order valence-corrected chi connectivity index (χ3v) is 5.27. The van der Waals surface area contributed by atoms with E-state index in [0.29, 0.717) is 40.3 Å². The number of hydrogen-bond donors (Lipinski definition) is 0. The molecule has 1 atom stereocenters. The average molecular weight is 393 g/mol. The highest BCUT2D eigenvalue weighted by molar-refractivity contribution is 8.13. The fourth-order valence-electron chi connectivity index (χ4n) is 2.53. The first-order chi connectivity index (χ1) is 12.6. The van der Waals surface area contributed by atoms with Gasteiger partial charge >= 0.3 is 0 Å². The van der Waals surface area contributed by atoms with Crippen LogP contribution in [0.25, 0.3) is 0 Å². The van der Waals surface area contributed by atoms with Gasteiger partial charge in [-0.2, -0.15) is 0 Å². The van der Waals surface area contributed by atoms with Crippen LogP contribution >= 0.6 is 23.4 Å². The molecule has 2 aromatic rings. The number of benzene rings is 2. The van der Waals surface area contributed by atoms with Crippen molar-refractivity contribution in [1.82, 2.24) is 4.90 Å². The van der Waals surface area contributed by atoms with Gasteiger partial charge in [-0.25, -0.2) is 4.39 Å². The van der Waals surface area contributed by atoms with Gasteiger partial charge in [-0.3, -0.25) is 14.7 Å². The number of amides is 1. The monoisotopic (exact) mass is 392 g/mol. The molecule has 0 radical (unpaired) electrons. The maximum Gasteiger partial charge on any atom is 0.269 e. The zero-order chi connectivity index (χ0) is 18.5. The largest absolute Gasteiger partial charge is 0.481 e. The summed E-state index contributed by atoms with van der Waals surface area (Å²) in [6, 6.07) is 13.8. The van der Waals surface area contributed by atoms with Crippen LogP contribution in [0.1, 0.15) is 12.5 Å². The molecule has 3 rings (SSSR count). The Kier molecular flexibility index (Phi) is 6.16. The van der Waals surface area contributed by atoms with E-state index >= 15 is 0 Å². The van der Waals surface area contributed by atoms with Crippen LogP contribution in [0.3, 0.4) is 0 Å². The number of carbonyl (C=O) groups excluding carboxylic acids is 1. The highest BCUT2D eigenvalue weighted by atomic mass is 35.5. The van der Waals surface area contributed by atoms with Crippen molar-refractivity contribution in [3.8, 4) is 5.75 Å². The Labute approximate surface area is 161 Å². The first kappa shape index (κ1) is 18.7. The first-order valence-electron chi connectivity index (χ1n) is 8.19. The molecule has 1 heterocycles. The first-order valence-corrected chi connectivity index (χ1v) is 9.56. The van der Waals surface area contributed by atoms with Gasteiger partial charge in [0.25, 0.3) is 5.91 Å². The molecule has 0 unspecified atom stereocenters. The van der Waals surface area contributed by atoms with Gasteiger partial charge in [-0.15, -0.1) is 0 Å². The Morgan fingerprint density at radius 3 is 2.81 bits per heavy atom. The quantitative estimate of drug-likeness (QED) is 0.758. The summed E-state index contributed by atoms with van der Waals surface area (Å²) in [5.74, 6) is 0.415. The van der Waals surface area contributed by atoms with Crippen molar-refractivity contribution in [3.05, 3.63) is 64.9 Å². The molecule has 136 valence electrons. The van der Waals surface area contributed by atoms with E-state index in [0.717, 1.165) is 0 Å². The Hall–Kier alpha value is -2.05. The van der Waals surface area contributed by atoms with E-state index in [2.05, 4.69) is 4.99 Å². The van der Waals surface area contributed by atoms with Crippen molar-refractivity contribution in [2.24, 2.45) is 4.99 Å². The maximum absolute atomic E-state index is 13.9. The fourth-order valence-corrected chi connectivity index (χ4v) is 3.93. The molecule has 4 nitrogen and oxygen atoms in total. The van der Waals surface area contributed by atoms with Gasteiger partial charge in [-0.1, -0.05) is 47.6 Å². The molecule has 0 saturated heterocycles. The number of hydrogen-bond acceptors (Lipinski definition) is 4. The summed E-state index contributed by atoms with van der Waals surface area (Å²) in [4.78, 5) is 18.7. The lowest BCUT2D eigenvalue weighted by atomic mass is 10.2. The Balaban J connectivity index is 1.63. The molecule has 7 heteroatoms. The third-order valence-electron chi connectivity index (χ3n) is 3.88. The summed E-state index contributed by atoms with van der Waals surface area (Å²) < 4.78 is 19.6. The standard InChI is InChI=1S/C19H18ClFN2O2S/c1-13(25-14-6-3-2-4-7-14)18(24)23-11-10-22-19(23)26-12-15-16(20)8-5-9-17(15)21/h2-9,13H,10-12H2,1H3/t13-/m1/s1. The summed E-state index contributed by atoms with van der Waals surface area (Å²) in [5, 5.41) is 0.938. The number of nitrogens with zero attached hydrogens (tertiary/aromatic N) is 2. The fraction of sp³-hybridized carbons (Fsp3) is 0.263. The van der Waals surface area contributed by atoms with Crippen LogP contribution in [0.4, 0.5) is 4.39 Å². The SMILES string of the molecule is C[C@@H](Oc1ccccc1)C(=O)N1CCN=C1SCc1c(F)cccc1Cl. The number of rotatable bonds is 5. The number of ether oxygens (including phenoxy) is 1. The van der Waals surface area contributed by atoms with Gasteiger partial charge in [0.05, 0.1) is 6.54 Å². The normalized spacial score (nSPS) is 14.9. The van der Waals surface area contributed by atoms with Crippen molar-refractivity contribution in [3.63, 3.8) is 0 Å². The minimum atomic E-state index is -0.640. The van der Waals surface area contributed by atoms with E-state index in [-0.39, 0.29) is 11.7 Å². The lowest BCUT2D eigenvalue weighted by molar-refractivity contribution is -0.133. The minimum Gasteiger partial charge on any atom is -0.481 e. The van der Waals surface area contributed by atoms with E-state index in [9.17, 15) is 9.18 Å². The van der Waals surface area contributed by atoms with Gasteiger partial charge in [0.1, 0.15) is 11.6 Å². The van der Waals surface area contributed by atoms with Gasteiger partial charge in [-0.05, 0) is 31.2 Å². The second-order valence-electron chi connectivity index (χ2n) is 5.72. The summed E-state index contributed by atoms with van der Waals surface area (Å²) in [6.07, 6.45) is -0.640. The molecule has 26 heavy (non-hydrogen) atoms. The molecule has 1 aliphatic heterocycles. The highest BCUT2D eigenvalue weighted by Crippen LogP contribution is 2.27. The van der Waals surface area contributed by atoms with E-state index < -0.39 is 6.10 Å². The maximum atomic E-state index is 13.9. The molecular formula is C19H18ClFN2O2S. The number of carbonyl (C=O) groups is 1. The zero-order valence-corrected chi connectivity index (χ0v) is 15.8. The van der Waals surface area contributed by atoms with Gasteiger partial charge < -0.3 is 4.74 Å². The third kappa shape index (κ3) is 4.37. The van der Waals surface area contributed by atoms with Crippen LogP contribution in [0, 0.1) is 5.82 Å². The van der Waals surface area contributed by atoms with E-state index in [1.165, 1.54) is 17.8 Å². The van der Waals surface area contributed by atoms with Crippen LogP contribution in [-0.4, -0.2) is 35.2 Å². The van der Waals surface area contributed by atoms with E-state index in [1.807, 2.05) is 18.2 Å². The predicted molar refractivity (Wildman–Crippen MR) is 103 cm³/mol. The number of aliphatic imine (C=N–C) groups is 1. The van der Waals surface area contributed by atoms with Crippen LogP contribution in [-0.2, 0) is 10.5 Å². The molecule has 0 spiro atoms.